The SMILES string of the molecule is C=Cc1c(C(N)=NCc2ccc(-c3ccccc3OC)nc2)ncn1C1CCCC1. The van der Waals surface area contributed by atoms with Crippen LogP contribution in [-0.2, 0) is 6.54 Å². The molecule has 1 fully saturated rings. The van der Waals surface area contributed by atoms with Crippen molar-refractivity contribution >= 4 is 11.9 Å². The third kappa shape index (κ3) is 3.99. The lowest BCUT2D eigenvalue weighted by molar-refractivity contribution is 0.416. The number of methoxy groups -OCH3 is 1. The van der Waals surface area contributed by atoms with Crippen LogP contribution in [0.4, 0.5) is 0 Å². The summed E-state index contributed by atoms with van der Waals surface area (Å²) in [6, 6.07) is 12.3. The van der Waals surface area contributed by atoms with E-state index in [2.05, 4.69) is 26.1 Å². The molecule has 0 radical (unpaired) electrons. The maximum atomic E-state index is 6.28. The smallest absolute Gasteiger partial charge is 0.147 e. The highest BCUT2D eigenvalue weighted by molar-refractivity contribution is 5.98. The number of nitrogens with zero attached hydrogens (tertiary/aromatic N) is 4. The van der Waals surface area contributed by atoms with E-state index in [1.54, 1.807) is 7.11 Å². The molecule has 1 saturated carbocycles. The molecule has 0 amide bonds. The number of hydrogen-bond donors (Lipinski definition) is 1. The first kappa shape index (κ1) is 19.9. The van der Waals surface area contributed by atoms with Gasteiger partial charge < -0.3 is 15.0 Å². The van der Waals surface area contributed by atoms with Crippen LogP contribution >= 0.6 is 0 Å². The summed E-state index contributed by atoms with van der Waals surface area (Å²) in [6.45, 7) is 4.40. The highest BCUT2D eigenvalue weighted by Gasteiger charge is 2.21. The number of hydrogen-bond acceptors (Lipinski definition) is 4. The lowest BCUT2D eigenvalue weighted by Gasteiger charge is -2.13. The van der Waals surface area contributed by atoms with Crippen LogP contribution in [0.3, 0.4) is 0 Å². The third-order valence-corrected chi connectivity index (χ3v) is 5.63. The number of nitrogens with two attached hydrogens (primary N) is 1. The van der Waals surface area contributed by atoms with Crippen molar-refractivity contribution in [1.82, 2.24) is 14.5 Å². The summed E-state index contributed by atoms with van der Waals surface area (Å²) in [5.41, 5.74) is 10.7. The second kappa shape index (κ2) is 8.95. The summed E-state index contributed by atoms with van der Waals surface area (Å²) in [6.07, 6.45) is 10.4. The van der Waals surface area contributed by atoms with Crippen molar-refractivity contribution in [3.05, 3.63) is 72.5 Å². The Morgan fingerprint density at radius 1 is 1.23 bits per heavy atom. The molecular formula is C24H27N5O. The summed E-state index contributed by atoms with van der Waals surface area (Å²) >= 11 is 0. The van der Waals surface area contributed by atoms with Gasteiger partial charge in [-0.1, -0.05) is 37.6 Å². The molecule has 6 nitrogen and oxygen atoms in total. The van der Waals surface area contributed by atoms with Crippen LogP contribution in [0.5, 0.6) is 5.75 Å². The molecule has 1 aliphatic carbocycles. The molecule has 1 aromatic carbocycles. The van der Waals surface area contributed by atoms with Crippen LogP contribution in [-0.4, -0.2) is 27.5 Å². The van der Waals surface area contributed by atoms with Gasteiger partial charge in [0.15, 0.2) is 0 Å². The minimum atomic E-state index is 0.426. The van der Waals surface area contributed by atoms with Crippen molar-refractivity contribution in [2.24, 2.45) is 10.7 Å². The Kier molecular flexibility index (Phi) is 5.93. The predicted octanol–water partition coefficient (Wildman–Crippen LogP) is 4.62. The van der Waals surface area contributed by atoms with Gasteiger partial charge in [0, 0.05) is 17.8 Å². The molecule has 4 rings (SSSR count). The molecule has 6 heteroatoms. The fourth-order valence-electron chi connectivity index (χ4n) is 4.03. The van der Waals surface area contributed by atoms with E-state index in [-0.39, 0.29) is 0 Å². The molecule has 0 atom stereocenters. The number of amidine groups is 1. The van der Waals surface area contributed by atoms with E-state index in [1.165, 1.54) is 25.7 Å². The second-order valence-corrected chi connectivity index (χ2v) is 7.48. The monoisotopic (exact) mass is 401 g/mol. The maximum Gasteiger partial charge on any atom is 0.147 e. The minimum Gasteiger partial charge on any atom is -0.496 e. The summed E-state index contributed by atoms with van der Waals surface area (Å²) in [5.74, 6) is 1.23. The fraction of sp³-hybridized carbons (Fsp3) is 0.292. The van der Waals surface area contributed by atoms with Crippen molar-refractivity contribution in [1.29, 1.82) is 0 Å². The largest absolute Gasteiger partial charge is 0.496 e. The van der Waals surface area contributed by atoms with Crippen LogP contribution in [0.2, 0.25) is 0 Å². The van der Waals surface area contributed by atoms with Gasteiger partial charge >= 0.3 is 0 Å². The standard InChI is InChI=1S/C24H27N5O/c1-3-21-23(28-16-29(21)18-8-4-5-9-18)24(25)27-15-17-12-13-20(26-14-17)19-10-6-7-11-22(19)30-2/h3,6-7,10-14,16,18H,1,4-5,8-9,15H2,2H3,(H2,25,27). The number of para-hydroxylation sites is 1. The quantitative estimate of drug-likeness (QED) is 0.463. The van der Waals surface area contributed by atoms with Gasteiger partial charge in [0.25, 0.3) is 0 Å². The predicted molar refractivity (Wildman–Crippen MR) is 120 cm³/mol. The van der Waals surface area contributed by atoms with E-state index in [9.17, 15) is 0 Å². The average Bonchev–Trinajstić information content (AvgIpc) is 3.47. The van der Waals surface area contributed by atoms with Crippen molar-refractivity contribution < 1.29 is 4.74 Å². The van der Waals surface area contributed by atoms with Crippen LogP contribution < -0.4 is 10.5 Å². The topological polar surface area (TPSA) is 78.3 Å². The van der Waals surface area contributed by atoms with Gasteiger partial charge in [-0.2, -0.15) is 0 Å². The Morgan fingerprint density at radius 2 is 2.03 bits per heavy atom. The number of imidazole rings is 1. The minimum absolute atomic E-state index is 0.426. The van der Waals surface area contributed by atoms with Gasteiger partial charge in [0.05, 0.1) is 31.4 Å². The van der Waals surface area contributed by atoms with E-state index >= 15 is 0 Å². The average molecular weight is 402 g/mol. The molecule has 30 heavy (non-hydrogen) atoms. The molecule has 2 N–H and O–H groups in total. The third-order valence-electron chi connectivity index (χ3n) is 5.63. The zero-order valence-corrected chi connectivity index (χ0v) is 17.3. The fourth-order valence-corrected chi connectivity index (χ4v) is 4.03. The first-order valence-electron chi connectivity index (χ1n) is 10.3. The number of ether oxygens (including phenoxy) is 1. The molecule has 3 aromatic rings. The normalized spacial score (nSPS) is 14.8. The zero-order chi connectivity index (χ0) is 20.9. The van der Waals surface area contributed by atoms with Gasteiger partial charge in [-0.3, -0.25) is 9.98 Å². The van der Waals surface area contributed by atoms with Crippen molar-refractivity contribution in [3.63, 3.8) is 0 Å². The van der Waals surface area contributed by atoms with Gasteiger partial charge in [0.1, 0.15) is 17.3 Å². The first-order chi connectivity index (χ1) is 14.7. The van der Waals surface area contributed by atoms with E-state index in [0.29, 0.717) is 24.1 Å². The number of benzene rings is 1. The van der Waals surface area contributed by atoms with Gasteiger partial charge in [-0.05, 0) is 42.7 Å². The molecule has 2 heterocycles. The second-order valence-electron chi connectivity index (χ2n) is 7.48. The Hall–Kier alpha value is -3.41. The molecule has 0 spiro atoms. The lowest BCUT2D eigenvalue weighted by atomic mass is 10.1. The molecule has 1 aliphatic rings. The molecule has 0 aliphatic heterocycles. The van der Waals surface area contributed by atoms with Crippen LogP contribution in [0, 0.1) is 0 Å². The van der Waals surface area contributed by atoms with E-state index in [0.717, 1.165) is 28.3 Å². The van der Waals surface area contributed by atoms with E-state index in [4.69, 9.17) is 10.5 Å². The van der Waals surface area contributed by atoms with E-state index < -0.39 is 0 Å². The molecule has 154 valence electrons. The maximum absolute atomic E-state index is 6.28. The number of pyridine rings is 1. The Labute approximate surface area is 177 Å². The van der Waals surface area contributed by atoms with Gasteiger partial charge in [-0.15, -0.1) is 0 Å². The molecule has 2 aromatic heterocycles. The molecular weight excluding hydrogens is 374 g/mol. The summed E-state index contributed by atoms with van der Waals surface area (Å²) in [4.78, 5) is 13.7. The van der Waals surface area contributed by atoms with Crippen molar-refractivity contribution in [2.45, 2.75) is 38.3 Å². The number of aliphatic imine (C=N–C) groups is 1. The summed E-state index contributed by atoms with van der Waals surface area (Å²) < 4.78 is 7.62. The summed E-state index contributed by atoms with van der Waals surface area (Å²) in [7, 11) is 1.66. The van der Waals surface area contributed by atoms with Crippen LogP contribution in [0.25, 0.3) is 17.3 Å². The Balaban J connectivity index is 1.50. The molecule has 0 saturated heterocycles. The van der Waals surface area contributed by atoms with Crippen LogP contribution in [0.1, 0.15) is 48.7 Å². The number of aromatic nitrogens is 3. The number of rotatable bonds is 7. The highest BCUT2D eigenvalue weighted by atomic mass is 16.5. The Bertz CT molecular complexity index is 1050. The van der Waals surface area contributed by atoms with Crippen molar-refractivity contribution in [3.8, 4) is 17.0 Å². The molecule has 0 bridgehead atoms. The Morgan fingerprint density at radius 3 is 2.73 bits per heavy atom. The highest BCUT2D eigenvalue weighted by Crippen LogP contribution is 2.31. The van der Waals surface area contributed by atoms with E-state index in [1.807, 2.05) is 55.0 Å². The van der Waals surface area contributed by atoms with Gasteiger partial charge in [0.2, 0.25) is 0 Å². The first-order valence-corrected chi connectivity index (χ1v) is 10.3. The van der Waals surface area contributed by atoms with Crippen molar-refractivity contribution in [2.75, 3.05) is 7.11 Å². The lowest BCUT2D eigenvalue weighted by Crippen LogP contribution is -2.17. The molecule has 0 unspecified atom stereocenters. The van der Waals surface area contributed by atoms with Crippen LogP contribution in [0.15, 0.2) is 60.5 Å². The zero-order valence-electron chi connectivity index (χ0n) is 17.3. The summed E-state index contributed by atoms with van der Waals surface area (Å²) in [5, 5.41) is 0. The van der Waals surface area contributed by atoms with Gasteiger partial charge in [-0.25, -0.2) is 4.98 Å².